The molecule has 0 fully saturated rings. The van der Waals surface area contributed by atoms with Crippen LogP contribution < -0.4 is 0 Å². The molecule has 0 saturated heterocycles. The van der Waals surface area contributed by atoms with Crippen LogP contribution in [0.2, 0.25) is 0 Å². The molecule has 148 valence electrons. The number of aromatic nitrogens is 1. The number of furan rings is 1. The molecule has 0 unspecified atom stereocenters. The van der Waals surface area contributed by atoms with Crippen LogP contribution in [0.5, 0.6) is 0 Å². The molecule has 0 saturated carbocycles. The van der Waals surface area contributed by atoms with E-state index in [0.29, 0.717) is 33.6 Å². The van der Waals surface area contributed by atoms with Crippen molar-refractivity contribution in [3.8, 4) is 11.3 Å². The van der Waals surface area contributed by atoms with Crippen molar-refractivity contribution in [1.29, 1.82) is 0 Å². The Bertz CT molecular complexity index is 1490. The maximum Gasteiger partial charge on any atom is 0.144 e. The van der Waals surface area contributed by atoms with E-state index in [1.54, 1.807) is 36.5 Å². The molecule has 2 aromatic heterocycles. The van der Waals surface area contributed by atoms with Gasteiger partial charge in [0.15, 0.2) is 0 Å². The molecule has 0 aliphatic heterocycles. The smallest absolute Gasteiger partial charge is 0.144 e. The Morgan fingerprint density at radius 3 is 2.53 bits per heavy atom. The van der Waals surface area contributed by atoms with Crippen LogP contribution in [0.15, 0.2) is 89.5 Å². The summed E-state index contributed by atoms with van der Waals surface area (Å²) in [6, 6.07) is 23.9. The number of rotatable bonds is 5. The number of para-hydroxylation sites is 1. The second kappa shape index (κ2) is 7.79. The number of hydrogen-bond acceptors (Lipinski definition) is 2. The van der Waals surface area contributed by atoms with Crippen LogP contribution >= 0.6 is 0 Å². The molecule has 30 heavy (non-hydrogen) atoms. The molecule has 5 rings (SSSR count). The minimum absolute atomic E-state index is 0.178. The Balaban J connectivity index is 1.66. The van der Waals surface area contributed by atoms with Crippen molar-refractivity contribution >= 4 is 21.9 Å². The molecule has 0 radical (unpaired) electrons. The van der Waals surface area contributed by atoms with E-state index in [4.69, 9.17) is 9.90 Å². The minimum Gasteiger partial charge on any atom is -0.455 e. The lowest BCUT2D eigenvalue weighted by atomic mass is 10.00. The van der Waals surface area contributed by atoms with Crippen molar-refractivity contribution in [3.63, 3.8) is 0 Å². The topological polar surface area (TPSA) is 26.0 Å². The largest absolute Gasteiger partial charge is 0.455 e. The van der Waals surface area contributed by atoms with Crippen molar-refractivity contribution in [1.82, 2.24) is 4.98 Å². The standard InChI is InChI=1S/C28H25NO/c1-19(2)15-22-13-14-29-26(18-22)24-10-6-9-23-25-17-21(11-12-27(25)30-28(23)24)16-20-7-4-3-5-8-20/h3-14,17-19H,15-16H2,1-2H3/i15D2,16D2. The van der Waals surface area contributed by atoms with Crippen LogP contribution in [0, 0.1) is 5.92 Å². The Labute approximate surface area is 182 Å². The molecular weight excluding hydrogens is 366 g/mol. The van der Waals surface area contributed by atoms with Gasteiger partial charge in [-0.05, 0) is 65.7 Å². The Kier molecular flexibility index (Phi) is 3.79. The van der Waals surface area contributed by atoms with Gasteiger partial charge >= 0.3 is 0 Å². The summed E-state index contributed by atoms with van der Waals surface area (Å²) in [5.74, 6) is -0.178. The number of fused-ring (bicyclic) bond motifs is 3. The molecule has 2 heteroatoms. The Morgan fingerprint density at radius 2 is 1.70 bits per heavy atom. The zero-order valence-corrected chi connectivity index (χ0v) is 17.0. The van der Waals surface area contributed by atoms with Crippen molar-refractivity contribution in [2.45, 2.75) is 26.6 Å². The van der Waals surface area contributed by atoms with E-state index in [-0.39, 0.29) is 5.92 Å². The predicted molar refractivity (Wildman–Crippen MR) is 125 cm³/mol. The average molecular weight is 396 g/mol. The van der Waals surface area contributed by atoms with E-state index in [2.05, 4.69) is 4.98 Å². The highest BCUT2D eigenvalue weighted by molar-refractivity contribution is 6.09. The van der Waals surface area contributed by atoms with Gasteiger partial charge in [0.25, 0.3) is 0 Å². The number of pyridine rings is 1. The maximum absolute atomic E-state index is 8.73. The summed E-state index contributed by atoms with van der Waals surface area (Å²) in [6.45, 7) is 3.73. The van der Waals surface area contributed by atoms with E-state index in [1.807, 2.05) is 62.4 Å². The fraction of sp³-hybridized carbons (Fsp3) is 0.179. The third kappa shape index (κ3) is 3.61. The van der Waals surface area contributed by atoms with Crippen LogP contribution in [0.25, 0.3) is 33.2 Å². The van der Waals surface area contributed by atoms with Gasteiger partial charge < -0.3 is 4.42 Å². The summed E-state index contributed by atoms with van der Waals surface area (Å²) in [5, 5.41) is 1.71. The van der Waals surface area contributed by atoms with E-state index < -0.39 is 12.7 Å². The molecule has 0 amide bonds. The normalized spacial score (nSPS) is 14.5. The van der Waals surface area contributed by atoms with Crippen molar-refractivity contribution in [3.05, 3.63) is 102 Å². The van der Waals surface area contributed by atoms with Crippen LogP contribution in [-0.2, 0) is 12.7 Å². The van der Waals surface area contributed by atoms with Gasteiger partial charge in [0.2, 0.25) is 0 Å². The van der Waals surface area contributed by atoms with Gasteiger partial charge in [0.05, 0.1) is 5.69 Å². The van der Waals surface area contributed by atoms with Gasteiger partial charge in [-0.3, -0.25) is 4.98 Å². The first-order valence-corrected chi connectivity index (χ1v) is 10.2. The lowest BCUT2D eigenvalue weighted by Crippen LogP contribution is -1.95. The van der Waals surface area contributed by atoms with Crippen LogP contribution in [0.4, 0.5) is 0 Å². The molecule has 2 heterocycles. The molecule has 0 bridgehead atoms. The molecule has 0 atom stereocenters. The zero-order chi connectivity index (χ0) is 24.1. The molecule has 0 aliphatic rings. The quantitative estimate of drug-likeness (QED) is 0.309. The molecule has 0 N–H and O–H groups in total. The summed E-state index contributed by atoms with van der Waals surface area (Å²) < 4.78 is 40.6. The molecule has 0 spiro atoms. The van der Waals surface area contributed by atoms with Gasteiger partial charge in [-0.15, -0.1) is 0 Å². The maximum atomic E-state index is 8.73. The second-order valence-electron chi connectivity index (χ2n) is 7.72. The summed E-state index contributed by atoms with van der Waals surface area (Å²) in [4.78, 5) is 4.51. The van der Waals surface area contributed by atoms with Crippen molar-refractivity contribution in [2.75, 3.05) is 0 Å². The van der Waals surface area contributed by atoms with Gasteiger partial charge in [-0.1, -0.05) is 62.4 Å². The molecule has 0 aliphatic carbocycles. The van der Waals surface area contributed by atoms with E-state index >= 15 is 0 Å². The Morgan fingerprint density at radius 1 is 0.833 bits per heavy atom. The third-order valence-corrected chi connectivity index (χ3v) is 5.05. The Hall–Kier alpha value is -3.39. The van der Waals surface area contributed by atoms with Crippen molar-refractivity contribution in [2.24, 2.45) is 5.92 Å². The summed E-state index contributed by atoms with van der Waals surface area (Å²) in [5.41, 5.74) is 4.49. The van der Waals surface area contributed by atoms with E-state index in [0.717, 1.165) is 16.3 Å². The molecule has 2 nitrogen and oxygen atoms in total. The molecule has 5 aromatic rings. The molecule has 3 aromatic carbocycles. The lowest BCUT2D eigenvalue weighted by molar-refractivity contribution is 0.647. The lowest BCUT2D eigenvalue weighted by Gasteiger charge is -2.07. The van der Waals surface area contributed by atoms with E-state index in [1.165, 1.54) is 0 Å². The van der Waals surface area contributed by atoms with Gasteiger partial charge in [0, 0.05) is 28.0 Å². The van der Waals surface area contributed by atoms with Gasteiger partial charge in [-0.2, -0.15) is 0 Å². The SMILES string of the molecule is [2H]C([2H])(c1ccccc1)c1ccc2oc3c(-c4cc(C([2H])([2H])C(C)C)ccn4)cccc3c2c1. The number of hydrogen-bond donors (Lipinski definition) is 0. The number of benzene rings is 3. The zero-order valence-electron chi connectivity index (χ0n) is 21.0. The fourth-order valence-corrected chi connectivity index (χ4v) is 3.77. The van der Waals surface area contributed by atoms with Crippen LogP contribution in [0.1, 0.15) is 36.0 Å². The highest BCUT2D eigenvalue weighted by Gasteiger charge is 2.14. The van der Waals surface area contributed by atoms with Crippen molar-refractivity contribution < 1.29 is 9.90 Å². The highest BCUT2D eigenvalue weighted by Crippen LogP contribution is 2.36. The van der Waals surface area contributed by atoms with Gasteiger partial charge in [0.1, 0.15) is 11.2 Å². The van der Waals surface area contributed by atoms with Crippen LogP contribution in [-0.4, -0.2) is 4.98 Å². The monoisotopic (exact) mass is 395 g/mol. The summed E-state index contributed by atoms with van der Waals surface area (Å²) in [7, 11) is 0. The van der Waals surface area contributed by atoms with E-state index in [9.17, 15) is 0 Å². The first kappa shape index (κ1) is 14.6. The number of nitrogens with zero attached hydrogens (tertiary/aromatic N) is 1. The third-order valence-electron chi connectivity index (χ3n) is 5.05. The fourth-order valence-electron chi connectivity index (χ4n) is 3.77. The summed E-state index contributed by atoms with van der Waals surface area (Å²) >= 11 is 0. The van der Waals surface area contributed by atoms with Crippen LogP contribution in [0.3, 0.4) is 0 Å². The average Bonchev–Trinajstić information content (AvgIpc) is 3.22. The minimum atomic E-state index is -1.64. The van der Waals surface area contributed by atoms with Gasteiger partial charge in [-0.25, -0.2) is 0 Å². The summed E-state index contributed by atoms with van der Waals surface area (Å²) in [6.07, 6.45) is -1.48. The molecular formula is C28H25NO. The predicted octanol–water partition coefficient (Wildman–Crippen LogP) is 7.44. The first-order chi connectivity index (χ1) is 16.2. The highest BCUT2D eigenvalue weighted by atomic mass is 16.3. The second-order valence-corrected chi connectivity index (χ2v) is 7.72. The first-order valence-electron chi connectivity index (χ1n) is 12.2.